The molecule has 168 valence electrons. The summed E-state index contributed by atoms with van der Waals surface area (Å²) in [7, 11) is -3.80. The number of sulfonamides is 1. The Bertz CT molecular complexity index is 794. The zero-order chi connectivity index (χ0) is 21.6. The van der Waals surface area contributed by atoms with Crippen molar-refractivity contribution in [3.63, 3.8) is 0 Å². The quantitative estimate of drug-likeness (QED) is 0.619. The molecule has 2 heterocycles. The highest BCUT2D eigenvalue weighted by atomic mass is 32.2. The fourth-order valence-corrected chi connectivity index (χ4v) is 5.62. The molecule has 3 rings (SSSR count). The second-order valence-corrected chi connectivity index (χ2v) is 9.70. The smallest absolute Gasteiger partial charge is 0.243 e. The summed E-state index contributed by atoms with van der Waals surface area (Å²) in [5.74, 6) is 0.500. The van der Waals surface area contributed by atoms with Gasteiger partial charge in [-0.3, -0.25) is 9.69 Å². The number of ether oxygens (including phenoxy) is 1. The second kappa shape index (κ2) is 10.6. The second-order valence-electron chi connectivity index (χ2n) is 7.76. The summed E-state index contributed by atoms with van der Waals surface area (Å²) in [6.45, 7) is 9.27. The molecule has 0 aromatic heterocycles. The van der Waals surface area contributed by atoms with E-state index in [0.717, 1.165) is 39.0 Å². The molecule has 1 N–H and O–H groups in total. The summed E-state index contributed by atoms with van der Waals surface area (Å²) in [4.78, 5) is 17.2. The first-order valence-electron chi connectivity index (χ1n) is 10.9. The lowest BCUT2D eigenvalue weighted by atomic mass is 10.2. The number of carbonyl (C=O) groups is 1. The lowest BCUT2D eigenvalue weighted by molar-refractivity contribution is -0.132. The molecule has 0 aliphatic carbocycles. The van der Waals surface area contributed by atoms with E-state index in [-0.39, 0.29) is 23.4 Å². The van der Waals surface area contributed by atoms with E-state index in [2.05, 4.69) is 17.1 Å². The molecule has 0 bridgehead atoms. The Morgan fingerprint density at radius 1 is 1.17 bits per heavy atom. The van der Waals surface area contributed by atoms with Gasteiger partial charge in [-0.1, -0.05) is 6.92 Å². The molecule has 0 unspecified atom stereocenters. The lowest BCUT2D eigenvalue weighted by Crippen LogP contribution is -2.52. The standard InChI is InChI=1S/C21H34N4O4S/c1-3-23-13-5-6-18(23)16-25(17-21(26)24-14-11-22-12-15-24)30(27,28)20-9-7-19(8-10-20)29-4-2/h7-10,18,22H,3-6,11-17H2,1-2H3/t18-/m1/s1. The molecule has 0 radical (unpaired) electrons. The first-order chi connectivity index (χ1) is 14.5. The molecule has 0 saturated carbocycles. The van der Waals surface area contributed by atoms with Gasteiger partial charge in [0.15, 0.2) is 0 Å². The summed E-state index contributed by atoms with van der Waals surface area (Å²) >= 11 is 0. The fourth-order valence-electron chi connectivity index (χ4n) is 4.19. The Hall–Kier alpha value is -1.68. The summed E-state index contributed by atoms with van der Waals surface area (Å²) in [6, 6.07) is 6.61. The van der Waals surface area contributed by atoms with E-state index in [0.29, 0.717) is 32.0 Å². The van der Waals surface area contributed by atoms with E-state index in [9.17, 15) is 13.2 Å². The van der Waals surface area contributed by atoms with Crippen molar-refractivity contribution >= 4 is 15.9 Å². The molecular weight excluding hydrogens is 404 g/mol. The number of likely N-dealkylation sites (N-methyl/N-ethyl adjacent to an activating group) is 1. The Kier molecular flexibility index (Phi) is 8.10. The van der Waals surface area contributed by atoms with Crippen molar-refractivity contribution in [2.45, 2.75) is 37.6 Å². The van der Waals surface area contributed by atoms with Gasteiger partial charge in [0.2, 0.25) is 15.9 Å². The molecule has 8 nitrogen and oxygen atoms in total. The van der Waals surface area contributed by atoms with Crippen molar-refractivity contribution in [2.75, 3.05) is 59.0 Å². The molecule has 1 aromatic carbocycles. The van der Waals surface area contributed by atoms with Gasteiger partial charge in [0.25, 0.3) is 0 Å². The van der Waals surface area contributed by atoms with Crippen molar-refractivity contribution in [3.8, 4) is 5.75 Å². The van der Waals surface area contributed by atoms with Crippen LogP contribution in [0, 0.1) is 0 Å². The summed E-state index contributed by atoms with van der Waals surface area (Å²) < 4.78 is 33.8. The van der Waals surface area contributed by atoms with E-state index in [4.69, 9.17) is 4.74 Å². The van der Waals surface area contributed by atoms with Crippen LogP contribution in [0.2, 0.25) is 0 Å². The fraction of sp³-hybridized carbons (Fsp3) is 0.667. The molecule has 2 saturated heterocycles. The van der Waals surface area contributed by atoms with Crippen molar-refractivity contribution in [3.05, 3.63) is 24.3 Å². The largest absolute Gasteiger partial charge is 0.494 e. The van der Waals surface area contributed by atoms with E-state index in [1.165, 1.54) is 4.31 Å². The van der Waals surface area contributed by atoms with Gasteiger partial charge in [-0.15, -0.1) is 0 Å². The third-order valence-corrected chi connectivity index (χ3v) is 7.70. The van der Waals surface area contributed by atoms with E-state index < -0.39 is 10.0 Å². The van der Waals surface area contributed by atoms with E-state index in [1.807, 2.05) is 6.92 Å². The van der Waals surface area contributed by atoms with Crippen LogP contribution in [0.1, 0.15) is 26.7 Å². The molecule has 1 atom stereocenters. The minimum atomic E-state index is -3.80. The third-order valence-electron chi connectivity index (χ3n) is 5.87. The Morgan fingerprint density at radius 2 is 1.87 bits per heavy atom. The number of piperazine rings is 1. The number of nitrogens with one attached hydrogen (secondary N) is 1. The van der Waals surface area contributed by atoms with Crippen LogP contribution in [0.4, 0.5) is 0 Å². The molecule has 9 heteroatoms. The molecular formula is C21H34N4O4S. The van der Waals surface area contributed by atoms with Crippen LogP contribution in [0.3, 0.4) is 0 Å². The summed E-state index contributed by atoms with van der Waals surface area (Å²) in [6.07, 6.45) is 2.01. The van der Waals surface area contributed by atoms with Crippen molar-refractivity contribution in [1.82, 2.24) is 19.4 Å². The number of amides is 1. The van der Waals surface area contributed by atoms with Gasteiger partial charge in [-0.25, -0.2) is 8.42 Å². The van der Waals surface area contributed by atoms with E-state index >= 15 is 0 Å². The topological polar surface area (TPSA) is 82.2 Å². The van der Waals surface area contributed by atoms with Crippen molar-refractivity contribution < 1.29 is 17.9 Å². The van der Waals surface area contributed by atoms with Crippen molar-refractivity contribution in [1.29, 1.82) is 0 Å². The highest BCUT2D eigenvalue weighted by molar-refractivity contribution is 7.89. The average molecular weight is 439 g/mol. The minimum Gasteiger partial charge on any atom is -0.494 e. The molecule has 1 aromatic rings. The number of nitrogens with zero attached hydrogens (tertiary/aromatic N) is 3. The van der Waals surface area contributed by atoms with Crippen LogP contribution in [-0.2, 0) is 14.8 Å². The van der Waals surface area contributed by atoms with Crippen LogP contribution < -0.4 is 10.1 Å². The maximum absolute atomic E-state index is 13.5. The van der Waals surface area contributed by atoms with Gasteiger partial charge in [-0.2, -0.15) is 4.31 Å². The maximum atomic E-state index is 13.5. The highest BCUT2D eigenvalue weighted by Gasteiger charge is 2.34. The third kappa shape index (κ3) is 5.51. The van der Waals surface area contributed by atoms with Gasteiger partial charge in [-0.05, 0) is 57.1 Å². The van der Waals surface area contributed by atoms with Crippen LogP contribution in [0.5, 0.6) is 5.75 Å². The SMILES string of the molecule is CCOc1ccc(S(=O)(=O)N(CC(=O)N2CCNCC2)C[C@H]2CCCN2CC)cc1. The number of hydrogen-bond acceptors (Lipinski definition) is 6. The molecule has 30 heavy (non-hydrogen) atoms. The maximum Gasteiger partial charge on any atom is 0.243 e. The molecule has 2 fully saturated rings. The zero-order valence-electron chi connectivity index (χ0n) is 18.0. The monoisotopic (exact) mass is 438 g/mol. The van der Waals surface area contributed by atoms with E-state index in [1.54, 1.807) is 29.2 Å². The highest BCUT2D eigenvalue weighted by Crippen LogP contribution is 2.24. The summed E-state index contributed by atoms with van der Waals surface area (Å²) in [5.41, 5.74) is 0. The Balaban J connectivity index is 1.81. The molecule has 0 spiro atoms. The number of hydrogen-bond donors (Lipinski definition) is 1. The number of likely N-dealkylation sites (tertiary alicyclic amines) is 1. The Morgan fingerprint density at radius 3 is 2.50 bits per heavy atom. The Labute approximate surface area is 180 Å². The van der Waals surface area contributed by atoms with Gasteiger partial charge in [0.1, 0.15) is 5.75 Å². The first-order valence-corrected chi connectivity index (χ1v) is 12.3. The first kappa shape index (κ1) is 23.0. The molecule has 2 aliphatic rings. The zero-order valence-corrected chi connectivity index (χ0v) is 18.9. The van der Waals surface area contributed by atoms with Gasteiger partial charge in [0, 0.05) is 38.8 Å². The van der Waals surface area contributed by atoms with Crippen LogP contribution >= 0.6 is 0 Å². The number of benzene rings is 1. The van der Waals surface area contributed by atoms with Gasteiger partial charge < -0.3 is 15.0 Å². The van der Waals surface area contributed by atoms with Gasteiger partial charge >= 0.3 is 0 Å². The summed E-state index contributed by atoms with van der Waals surface area (Å²) in [5, 5.41) is 3.22. The predicted octanol–water partition coefficient (Wildman–Crippen LogP) is 0.992. The van der Waals surface area contributed by atoms with Crippen LogP contribution in [0.15, 0.2) is 29.2 Å². The number of carbonyl (C=O) groups excluding carboxylic acids is 1. The number of rotatable bonds is 9. The van der Waals surface area contributed by atoms with Crippen molar-refractivity contribution in [2.24, 2.45) is 0 Å². The van der Waals surface area contributed by atoms with Crippen LogP contribution in [0.25, 0.3) is 0 Å². The average Bonchev–Trinajstić information content (AvgIpc) is 3.21. The van der Waals surface area contributed by atoms with Crippen LogP contribution in [-0.4, -0.2) is 93.4 Å². The molecule has 2 aliphatic heterocycles. The van der Waals surface area contributed by atoms with Gasteiger partial charge in [0.05, 0.1) is 18.0 Å². The minimum absolute atomic E-state index is 0.121. The lowest BCUT2D eigenvalue weighted by Gasteiger charge is -2.32. The normalized spacial score (nSPS) is 20.6. The molecule has 1 amide bonds. The predicted molar refractivity (Wildman–Crippen MR) is 116 cm³/mol.